The third-order valence-electron chi connectivity index (χ3n) is 3.27. The lowest BCUT2D eigenvalue weighted by atomic mass is 9.62. The second-order valence-corrected chi connectivity index (χ2v) is 5.33. The van der Waals surface area contributed by atoms with E-state index in [-0.39, 0.29) is 18.2 Å². The maximum absolute atomic E-state index is 13.0. The Morgan fingerprint density at radius 2 is 2.00 bits per heavy atom. The zero-order chi connectivity index (χ0) is 11.1. The summed E-state index contributed by atoms with van der Waals surface area (Å²) in [6.45, 7) is 4.39. The van der Waals surface area contributed by atoms with Gasteiger partial charge in [0.15, 0.2) is 0 Å². The van der Waals surface area contributed by atoms with E-state index in [2.05, 4.69) is 13.8 Å². The molecule has 0 spiro atoms. The van der Waals surface area contributed by atoms with Gasteiger partial charge in [-0.15, -0.1) is 12.4 Å². The molecule has 1 fully saturated rings. The lowest BCUT2D eigenvalue weighted by Crippen LogP contribution is -2.35. The molecular weight excluding hydrogens is 227 g/mol. The third kappa shape index (κ3) is 2.74. The molecule has 16 heavy (non-hydrogen) atoms. The van der Waals surface area contributed by atoms with Crippen LogP contribution in [0.1, 0.15) is 38.4 Å². The van der Waals surface area contributed by atoms with Gasteiger partial charge in [0.1, 0.15) is 5.82 Å². The quantitative estimate of drug-likeness (QED) is 0.841. The molecule has 3 heteroatoms. The van der Waals surface area contributed by atoms with Gasteiger partial charge in [-0.05, 0) is 41.9 Å². The first-order valence-corrected chi connectivity index (χ1v) is 5.41. The van der Waals surface area contributed by atoms with E-state index < -0.39 is 6.10 Å². The molecule has 1 nitrogen and oxygen atoms in total. The van der Waals surface area contributed by atoms with E-state index in [0.29, 0.717) is 16.9 Å². The second kappa shape index (κ2) is 4.72. The van der Waals surface area contributed by atoms with Crippen molar-refractivity contribution in [3.63, 3.8) is 0 Å². The molecule has 0 saturated heterocycles. The van der Waals surface area contributed by atoms with Crippen molar-refractivity contribution in [1.29, 1.82) is 0 Å². The SMILES string of the molecule is CC1(C)CC([C@@H](O)c2cccc(F)c2)C1.Cl. The van der Waals surface area contributed by atoms with Crippen LogP contribution in [0.2, 0.25) is 0 Å². The van der Waals surface area contributed by atoms with Crippen molar-refractivity contribution in [2.45, 2.75) is 32.8 Å². The minimum atomic E-state index is -0.506. The molecule has 0 aliphatic heterocycles. The van der Waals surface area contributed by atoms with E-state index in [9.17, 15) is 9.50 Å². The average molecular weight is 245 g/mol. The Bertz CT molecular complexity index is 357. The molecule has 90 valence electrons. The summed E-state index contributed by atoms with van der Waals surface area (Å²) < 4.78 is 13.0. The zero-order valence-corrected chi connectivity index (χ0v) is 10.4. The van der Waals surface area contributed by atoms with Crippen LogP contribution in [-0.2, 0) is 0 Å². The van der Waals surface area contributed by atoms with Crippen LogP contribution >= 0.6 is 12.4 Å². The third-order valence-corrected chi connectivity index (χ3v) is 3.27. The van der Waals surface area contributed by atoms with Crippen molar-refractivity contribution < 1.29 is 9.50 Å². The van der Waals surface area contributed by atoms with Crippen LogP contribution in [0.15, 0.2) is 24.3 Å². The summed E-state index contributed by atoms with van der Waals surface area (Å²) in [5.74, 6) is 0.0203. The fraction of sp³-hybridized carbons (Fsp3) is 0.538. The van der Waals surface area contributed by atoms with Gasteiger partial charge in [-0.25, -0.2) is 4.39 Å². The Morgan fingerprint density at radius 1 is 1.38 bits per heavy atom. The van der Waals surface area contributed by atoms with Crippen LogP contribution in [0, 0.1) is 17.2 Å². The van der Waals surface area contributed by atoms with E-state index in [4.69, 9.17) is 0 Å². The highest BCUT2D eigenvalue weighted by Gasteiger charge is 2.40. The predicted octanol–water partition coefficient (Wildman–Crippen LogP) is 3.72. The van der Waals surface area contributed by atoms with Gasteiger partial charge in [-0.3, -0.25) is 0 Å². The predicted molar refractivity (Wildman–Crippen MR) is 65.1 cm³/mol. The standard InChI is InChI=1S/C13H17FO.ClH/c1-13(2)7-10(8-13)12(15)9-4-3-5-11(14)6-9;/h3-6,10,12,15H,7-8H2,1-2H3;1H/t12-;/m0./s1. The number of hydrogen-bond donors (Lipinski definition) is 1. The number of rotatable bonds is 2. The van der Waals surface area contributed by atoms with Gasteiger partial charge in [0, 0.05) is 0 Å². The molecule has 1 aromatic rings. The van der Waals surface area contributed by atoms with Crippen LogP contribution in [0.25, 0.3) is 0 Å². The first-order chi connectivity index (χ1) is 6.98. The van der Waals surface area contributed by atoms with Gasteiger partial charge in [0.25, 0.3) is 0 Å². The normalized spacial score (nSPS) is 20.8. The molecule has 1 saturated carbocycles. The summed E-state index contributed by atoms with van der Waals surface area (Å²) in [6.07, 6.45) is 1.53. The van der Waals surface area contributed by atoms with Gasteiger partial charge in [0.05, 0.1) is 6.10 Å². The highest BCUT2D eigenvalue weighted by atomic mass is 35.5. The van der Waals surface area contributed by atoms with Crippen LogP contribution < -0.4 is 0 Å². The first-order valence-electron chi connectivity index (χ1n) is 5.41. The van der Waals surface area contributed by atoms with Crippen LogP contribution in [0.5, 0.6) is 0 Å². The van der Waals surface area contributed by atoms with E-state index >= 15 is 0 Å². The molecule has 0 unspecified atom stereocenters. The summed E-state index contributed by atoms with van der Waals surface area (Å²) in [6, 6.07) is 6.27. The summed E-state index contributed by atoms with van der Waals surface area (Å²) in [7, 11) is 0. The lowest BCUT2D eigenvalue weighted by molar-refractivity contribution is -0.0148. The zero-order valence-electron chi connectivity index (χ0n) is 9.61. The monoisotopic (exact) mass is 244 g/mol. The average Bonchev–Trinajstić information content (AvgIpc) is 2.13. The van der Waals surface area contributed by atoms with Gasteiger partial charge < -0.3 is 5.11 Å². The van der Waals surface area contributed by atoms with E-state index in [0.717, 1.165) is 12.8 Å². The highest BCUT2D eigenvalue weighted by Crippen LogP contribution is 2.50. The number of hydrogen-bond acceptors (Lipinski definition) is 1. The first kappa shape index (κ1) is 13.5. The van der Waals surface area contributed by atoms with Crippen molar-refractivity contribution in [3.05, 3.63) is 35.6 Å². The van der Waals surface area contributed by atoms with Gasteiger partial charge >= 0.3 is 0 Å². The molecule has 0 heterocycles. The van der Waals surface area contributed by atoms with Crippen molar-refractivity contribution in [3.8, 4) is 0 Å². The largest absolute Gasteiger partial charge is 0.388 e. The second-order valence-electron chi connectivity index (χ2n) is 5.33. The molecule has 0 radical (unpaired) electrons. The Hall–Kier alpha value is -0.600. The molecule has 1 aliphatic carbocycles. The Balaban J connectivity index is 0.00000128. The van der Waals surface area contributed by atoms with E-state index in [1.165, 1.54) is 12.1 Å². The molecule has 1 aliphatic rings. The maximum atomic E-state index is 13.0. The highest BCUT2D eigenvalue weighted by molar-refractivity contribution is 5.85. The summed E-state index contributed by atoms with van der Waals surface area (Å²) >= 11 is 0. The van der Waals surface area contributed by atoms with Crippen LogP contribution in [-0.4, -0.2) is 5.11 Å². The maximum Gasteiger partial charge on any atom is 0.123 e. The van der Waals surface area contributed by atoms with Crippen LogP contribution in [0.4, 0.5) is 4.39 Å². The molecule has 1 atom stereocenters. The molecule has 0 bridgehead atoms. The molecule has 1 aromatic carbocycles. The molecular formula is C13H18ClFO. The summed E-state index contributed by atoms with van der Waals surface area (Å²) in [5, 5.41) is 10.0. The number of benzene rings is 1. The van der Waals surface area contributed by atoms with Gasteiger partial charge in [-0.1, -0.05) is 26.0 Å². The summed E-state index contributed by atoms with van der Waals surface area (Å²) in [4.78, 5) is 0. The summed E-state index contributed by atoms with van der Waals surface area (Å²) in [5.41, 5.74) is 1.05. The minimum absolute atomic E-state index is 0. The lowest BCUT2D eigenvalue weighted by Gasteiger charge is -2.45. The fourth-order valence-corrected chi connectivity index (χ4v) is 2.55. The van der Waals surface area contributed by atoms with Crippen molar-refractivity contribution in [2.75, 3.05) is 0 Å². The van der Waals surface area contributed by atoms with Crippen molar-refractivity contribution >= 4 is 12.4 Å². The molecule has 0 aromatic heterocycles. The number of aliphatic hydroxyl groups is 1. The topological polar surface area (TPSA) is 20.2 Å². The number of aliphatic hydroxyl groups excluding tert-OH is 1. The van der Waals surface area contributed by atoms with Gasteiger partial charge in [-0.2, -0.15) is 0 Å². The fourth-order valence-electron chi connectivity index (χ4n) is 2.55. The van der Waals surface area contributed by atoms with Gasteiger partial charge in [0.2, 0.25) is 0 Å². The molecule has 2 rings (SSSR count). The smallest absolute Gasteiger partial charge is 0.123 e. The molecule has 1 N–H and O–H groups in total. The Labute approximate surface area is 102 Å². The van der Waals surface area contributed by atoms with Crippen LogP contribution in [0.3, 0.4) is 0 Å². The van der Waals surface area contributed by atoms with Crippen molar-refractivity contribution in [2.24, 2.45) is 11.3 Å². The van der Waals surface area contributed by atoms with E-state index in [1.54, 1.807) is 12.1 Å². The number of halogens is 2. The Morgan fingerprint density at radius 3 is 2.50 bits per heavy atom. The Kier molecular flexibility index (Phi) is 3.97. The minimum Gasteiger partial charge on any atom is -0.388 e. The van der Waals surface area contributed by atoms with E-state index in [1.807, 2.05) is 0 Å². The van der Waals surface area contributed by atoms with Crippen molar-refractivity contribution in [1.82, 2.24) is 0 Å². The molecule has 0 amide bonds.